The van der Waals surface area contributed by atoms with Crippen molar-refractivity contribution in [3.63, 3.8) is 0 Å². The van der Waals surface area contributed by atoms with Crippen LogP contribution in [0.3, 0.4) is 0 Å². The number of carbonyl (C=O) groups excluding carboxylic acids is 1. The first kappa shape index (κ1) is 19.7. The topological polar surface area (TPSA) is 96.7 Å². The van der Waals surface area contributed by atoms with E-state index in [0.717, 1.165) is 9.54 Å². The van der Waals surface area contributed by atoms with Crippen molar-refractivity contribution < 1.29 is 23.1 Å². The van der Waals surface area contributed by atoms with E-state index in [4.69, 9.17) is 5.11 Å². The van der Waals surface area contributed by atoms with Crippen LogP contribution in [0, 0.1) is 6.92 Å². The lowest BCUT2D eigenvalue weighted by molar-refractivity contribution is -0.138. The van der Waals surface area contributed by atoms with E-state index >= 15 is 0 Å². The van der Waals surface area contributed by atoms with Gasteiger partial charge in [0.25, 0.3) is 15.9 Å². The van der Waals surface area contributed by atoms with E-state index < -0.39 is 28.4 Å². The van der Waals surface area contributed by atoms with Gasteiger partial charge in [0.15, 0.2) is 0 Å². The molecule has 1 N–H and O–H groups in total. The molecule has 1 aromatic heterocycles. The van der Waals surface area contributed by atoms with Crippen LogP contribution in [0.1, 0.15) is 36.2 Å². The Hall–Kier alpha value is -2.61. The number of amides is 1. The third-order valence-electron chi connectivity index (χ3n) is 4.20. The lowest BCUT2D eigenvalue weighted by atomic mass is 10.2. The first-order valence-corrected chi connectivity index (χ1v) is 9.63. The summed E-state index contributed by atoms with van der Waals surface area (Å²) in [5.41, 5.74) is 1.06. The minimum Gasteiger partial charge on any atom is -0.480 e. The van der Waals surface area contributed by atoms with E-state index in [-0.39, 0.29) is 16.5 Å². The monoisotopic (exact) mass is 378 g/mol. The maximum Gasteiger partial charge on any atom is 0.323 e. The third-order valence-corrected chi connectivity index (χ3v) is 5.85. The van der Waals surface area contributed by atoms with Gasteiger partial charge in [-0.2, -0.15) is 0 Å². The van der Waals surface area contributed by atoms with E-state index in [1.165, 1.54) is 35.5 Å². The number of hydrogen-bond acceptors (Lipinski definition) is 4. The van der Waals surface area contributed by atoms with Crippen LogP contribution in [0.15, 0.2) is 47.6 Å². The first-order valence-electron chi connectivity index (χ1n) is 8.19. The van der Waals surface area contributed by atoms with Gasteiger partial charge in [0, 0.05) is 18.4 Å². The van der Waals surface area contributed by atoms with Gasteiger partial charge >= 0.3 is 5.97 Å². The van der Waals surface area contributed by atoms with E-state index in [1.54, 1.807) is 19.1 Å². The number of nitrogens with zero attached hydrogens (tertiary/aromatic N) is 2. The van der Waals surface area contributed by atoms with Crippen molar-refractivity contribution in [2.24, 2.45) is 0 Å². The lowest BCUT2D eigenvalue weighted by Crippen LogP contribution is -2.41. The van der Waals surface area contributed by atoms with Crippen molar-refractivity contribution in [3.8, 4) is 0 Å². The predicted molar refractivity (Wildman–Crippen MR) is 96.6 cm³/mol. The van der Waals surface area contributed by atoms with Gasteiger partial charge in [-0.05, 0) is 38.5 Å². The Kier molecular flexibility index (Phi) is 5.86. The second-order valence-electron chi connectivity index (χ2n) is 6.13. The number of aromatic nitrogens is 1. The fourth-order valence-electron chi connectivity index (χ4n) is 2.44. The molecule has 0 spiro atoms. The van der Waals surface area contributed by atoms with E-state index in [0.29, 0.717) is 6.42 Å². The van der Waals surface area contributed by atoms with Gasteiger partial charge in [0.05, 0.1) is 10.5 Å². The van der Waals surface area contributed by atoms with Crippen LogP contribution in [0.4, 0.5) is 0 Å². The van der Waals surface area contributed by atoms with Gasteiger partial charge < -0.3 is 10.0 Å². The van der Waals surface area contributed by atoms with Gasteiger partial charge in [-0.3, -0.25) is 9.59 Å². The number of hydrogen-bond donors (Lipinski definition) is 1. The van der Waals surface area contributed by atoms with E-state index in [1.807, 2.05) is 13.8 Å². The van der Waals surface area contributed by atoms with E-state index in [2.05, 4.69) is 0 Å². The minimum atomic E-state index is -3.81. The highest BCUT2D eigenvalue weighted by Gasteiger charge is 2.25. The summed E-state index contributed by atoms with van der Waals surface area (Å²) in [5.74, 6) is -1.63. The molecule has 8 heteroatoms. The lowest BCUT2D eigenvalue weighted by Gasteiger charge is -2.26. The second-order valence-corrected chi connectivity index (χ2v) is 7.98. The number of aryl methyl sites for hydroxylation is 1. The SMILES string of the molecule is CCC(C)N(CC(=O)O)C(=O)c1ccn(S(=O)(=O)c2ccc(C)cc2)c1. The molecule has 0 saturated carbocycles. The van der Waals surface area contributed by atoms with Gasteiger partial charge in [-0.15, -0.1) is 0 Å². The largest absolute Gasteiger partial charge is 0.480 e. The van der Waals surface area contributed by atoms with Crippen LogP contribution < -0.4 is 0 Å². The highest BCUT2D eigenvalue weighted by molar-refractivity contribution is 7.90. The van der Waals surface area contributed by atoms with Crippen molar-refractivity contribution in [2.75, 3.05) is 6.54 Å². The number of rotatable bonds is 7. The number of carboxylic acid groups (broad SMARTS) is 1. The fraction of sp³-hybridized carbons (Fsp3) is 0.333. The summed E-state index contributed by atoms with van der Waals surface area (Å²) in [6.45, 7) is 5.01. The molecule has 0 bridgehead atoms. The molecule has 1 amide bonds. The Morgan fingerprint density at radius 2 is 1.81 bits per heavy atom. The Bertz CT molecular complexity index is 900. The maximum absolute atomic E-state index is 12.7. The normalized spacial score (nSPS) is 12.6. The Morgan fingerprint density at radius 1 is 1.19 bits per heavy atom. The molecule has 2 rings (SSSR count). The summed E-state index contributed by atoms with van der Waals surface area (Å²) >= 11 is 0. The molecule has 7 nitrogen and oxygen atoms in total. The second kappa shape index (κ2) is 7.74. The standard InChI is InChI=1S/C18H22N2O5S/c1-4-14(3)20(12-17(21)22)18(23)15-9-10-19(11-15)26(24,25)16-7-5-13(2)6-8-16/h5-11,14H,4,12H2,1-3H3,(H,21,22). The van der Waals surface area contributed by atoms with Crippen LogP contribution in [0.2, 0.25) is 0 Å². The molecule has 1 unspecified atom stereocenters. The smallest absolute Gasteiger partial charge is 0.323 e. The zero-order chi connectivity index (χ0) is 19.5. The van der Waals surface area contributed by atoms with Gasteiger partial charge in [0.1, 0.15) is 6.54 Å². The predicted octanol–water partition coefficient (Wildman–Crippen LogP) is 2.36. The van der Waals surface area contributed by atoms with Crippen molar-refractivity contribution in [1.29, 1.82) is 0 Å². The summed E-state index contributed by atoms with van der Waals surface area (Å²) < 4.78 is 26.3. The van der Waals surface area contributed by atoms with Crippen LogP contribution in [-0.2, 0) is 14.8 Å². The Morgan fingerprint density at radius 3 is 2.35 bits per heavy atom. The van der Waals surface area contributed by atoms with Crippen LogP contribution in [0.25, 0.3) is 0 Å². The summed E-state index contributed by atoms with van der Waals surface area (Å²) in [4.78, 5) is 25.0. The summed E-state index contributed by atoms with van der Waals surface area (Å²) in [6, 6.07) is 7.49. The fourth-order valence-corrected chi connectivity index (χ4v) is 3.64. The summed E-state index contributed by atoms with van der Waals surface area (Å²) in [6.07, 6.45) is 3.09. The highest BCUT2D eigenvalue weighted by atomic mass is 32.2. The zero-order valence-corrected chi connectivity index (χ0v) is 15.7. The van der Waals surface area contributed by atoms with Gasteiger partial charge in [-0.1, -0.05) is 24.6 Å². The molecule has 1 aromatic carbocycles. The molecule has 0 saturated heterocycles. The van der Waals surface area contributed by atoms with Crippen molar-refractivity contribution in [1.82, 2.24) is 8.87 Å². The third kappa shape index (κ3) is 4.13. The van der Waals surface area contributed by atoms with Gasteiger partial charge in [-0.25, -0.2) is 12.4 Å². The van der Waals surface area contributed by atoms with Crippen LogP contribution >= 0.6 is 0 Å². The maximum atomic E-state index is 12.7. The molecule has 0 aliphatic rings. The molecule has 0 fully saturated rings. The number of benzene rings is 1. The average Bonchev–Trinajstić information content (AvgIpc) is 3.09. The zero-order valence-electron chi connectivity index (χ0n) is 14.9. The number of aliphatic carboxylic acids is 1. The molecule has 140 valence electrons. The average molecular weight is 378 g/mol. The molecular formula is C18H22N2O5S. The molecule has 1 heterocycles. The number of carbonyl (C=O) groups is 2. The molecule has 26 heavy (non-hydrogen) atoms. The quantitative estimate of drug-likeness (QED) is 0.798. The van der Waals surface area contributed by atoms with Crippen molar-refractivity contribution in [2.45, 2.75) is 38.1 Å². The van der Waals surface area contributed by atoms with Gasteiger partial charge in [0.2, 0.25) is 0 Å². The van der Waals surface area contributed by atoms with Crippen molar-refractivity contribution >= 4 is 21.9 Å². The summed E-state index contributed by atoms with van der Waals surface area (Å²) in [5, 5.41) is 9.03. The molecular weight excluding hydrogens is 356 g/mol. The van der Waals surface area contributed by atoms with Crippen molar-refractivity contribution in [3.05, 3.63) is 53.9 Å². The first-order chi connectivity index (χ1) is 12.2. The highest BCUT2D eigenvalue weighted by Crippen LogP contribution is 2.18. The molecule has 1 atom stereocenters. The Balaban J connectivity index is 2.34. The molecule has 2 aromatic rings. The van der Waals surface area contributed by atoms with Crippen LogP contribution in [-0.4, -0.2) is 46.9 Å². The minimum absolute atomic E-state index is 0.113. The molecule has 0 aliphatic heterocycles. The number of carboxylic acids is 1. The Labute approximate surface area is 152 Å². The molecule has 0 aliphatic carbocycles. The summed E-state index contributed by atoms with van der Waals surface area (Å²) in [7, 11) is -3.81. The molecule has 0 radical (unpaired) electrons. The van der Waals surface area contributed by atoms with Crippen LogP contribution in [0.5, 0.6) is 0 Å². The van der Waals surface area contributed by atoms with E-state index in [9.17, 15) is 18.0 Å².